The van der Waals surface area contributed by atoms with Crippen molar-refractivity contribution in [2.75, 3.05) is 33.4 Å². The number of nitrogens with zero attached hydrogens (tertiary/aromatic N) is 2. The molecule has 0 aliphatic carbocycles. The Labute approximate surface area is 180 Å². The normalized spacial score (nSPS) is 14.5. The van der Waals surface area contributed by atoms with Crippen LogP contribution in [0.5, 0.6) is 0 Å². The molecule has 0 bridgehead atoms. The Kier molecular flexibility index (Phi) is 7.68. The fraction of sp³-hybridized carbons (Fsp3) is 0.435. The number of hydrogen-bond acceptors (Lipinski definition) is 4. The maximum absolute atomic E-state index is 14.0. The van der Waals surface area contributed by atoms with Crippen molar-refractivity contribution in [1.29, 1.82) is 0 Å². The third-order valence-electron chi connectivity index (χ3n) is 5.46. The van der Waals surface area contributed by atoms with E-state index in [0.717, 1.165) is 17.8 Å². The molecule has 1 saturated heterocycles. The summed E-state index contributed by atoms with van der Waals surface area (Å²) >= 11 is 0. The van der Waals surface area contributed by atoms with Crippen LogP contribution in [0.2, 0.25) is 0 Å². The molecule has 0 radical (unpaired) electrons. The number of rotatable bonds is 7. The highest BCUT2D eigenvalue weighted by Crippen LogP contribution is 2.30. The number of nitrogens with one attached hydrogen (secondary N) is 1. The van der Waals surface area contributed by atoms with E-state index in [1.807, 2.05) is 6.92 Å². The van der Waals surface area contributed by atoms with Gasteiger partial charge in [0.2, 0.25) is 0 Å². The number of hydrogen-bond donors (Lipinski definition) is 1. The number of piperidine rings is 1. The van der Waals surface area contributed by atoms with Crippen molar-refractivity contribution in [3.05, 3.63) is 64.5 Å². The summed E-state index contributed by atoms with van der Waals surface area (Å²) in [6, 6.07) is 6.97. The van der Waals surface area contributed by atoms with E-state index in [4.69, 9.17) is 4.74 Å². The van der Waals surface area contributed by atoms with E-state index in [-0.39, 0.29) is 11.8 Å². The monoisotopic (exact) mass is 431 g/mol. The van der Waals surface area contributed by atoms with Crippen LogP contribution >= 0.6 is 0 Å². The average Bonchev–Trinajstić information content (AvgIpc) is 2.76. The second-order valence-electron chi connectivity index (χ2n) is 7.65. The Balaban J connectivity index is 1.70. The number of carbonyl (C=O) groups excluding carboxylic acids is 2. The molecule has 166 valence electrons. The molecule has 2 aromatic rings. The lowest BCUT2D eigenvalue weighted by Crippen LogP contribution is -2.39. The second-order valence-corrected chi connectivity index (χ2v) is 7.65. The van der Waals surface area contributed by atoms with E-state index >= 15 is 0 Å². The van der Waals surface area contributed by atoms with Crippen molar-refractivity contribution in [3.8, 4) is 0 Å². The van der Waals surface area contributed by atoms with Gasteiger partial charge in [0.25, 0.3) is 11.8 Å². The lowest BCUT2D eigenvalue weighted by atomic mass is 9.89. The number of aryl methyl sites for hydroxylation is 1. The van der Waals surface area contributed by atoms with Gasteiger partial charge in [0.15, 0.2) is 0 Å². The fourth-order valence-electron chi connectivity index (χ4n) is 3.81. The van der Waals surface area contributed by atoms with Crippen LogP contribution in [0, 0.1) is 18.6 Å². The molecule has 0 spiro atoms. The molecule has 8 heteroatoms. The average molecular weight is 431 g/mol. The first-order valence-corrected chi connectivity index (χ1v) is 10.4. The van der Waals surface area contributed by atoms with Gasteiger partial charge >= 0.3 is 0 Å². The lowest BCUT2D eigenvalue weighted by molar-refractivity contribution is 0.0700. The molecule has 31 heavy (non-hydrogen) atoms. The van der Waals surface area contributed by atoms with Gasteiger partial charge in [-0.05, 0) is 50.5 Å². The number of methoxy groups -OCH3 is 1. The van der Waals surface area contributed by atoms with Gasteiger partial charge in [0.05, 0.1) is 11.3 Å². The number of pyridine rings is 1. The Morgan fingerprint density at radius 3 is 2.48 bits per heavy atom. The highest BCUT2D eigenvalue weighted by Gasteiger charge is 2.30. The van der Waals surface area contributed by atoms with Crippen LogP contribution in [-0.2, 0) is 4.74 Å². The van der Waals surface area contributed by atoms with Gasteiger partial charge in [-0.15, -0.1) is 0 Å². The Hall–Kier alpha value is -2.87. The maximum Gasteiger partial charge on any atom is 0.259 e. The fourth-order valence-corrected chi connectivity index (χ4v) is 3.81. The van der Waals surface area contributed by atoms with Crippen LogP contribution < -0.4 is 5.32 Å². The highest BCUT2D eigenvalue weighted by atomic mass is 19.1. The zero-order chi connectivity index (χ0) is 22.4. The number of amides is 2. The molecule has 1 fully saturated rings. The minimum Gasteiger partial charge on any atom is -0.385 e. The highest BCUT2D eigenvalue weighted by molar-refractivity contribution is 5.96. The topological polar surface area (TPSA) is 71.5 Å². The van der Waals surface area contributed by atoms with Gasteiger partial charge in [-0.25, -0.2) is 8.78 Å². The molecular formula is C23H27F2N3O3. The largest absolute Gasteiger partial charge is 0.385 e. The van der Waals surface area contributed by atoms with Crippen molar-refractivity contribution in [1.82, 2.24) is 15.2 Å². The molecule has 6 nitrogen and oxygen atoms in total. The van der Waals surface area contributed by atoms with Gasteiger partial charge in [-0.2, -0.15) is 0 Å². The molecule has 2 heterocycles. The van der Waals surface area contributed by atoms with E-state index in [9.17, 15) is 18.4 Å². The smallest absolute Gasteiger partial charge is 0.259 e. The Morgan fingerprint density at radius 2 is 1.84 bits per heavy atom. The summed E-state index contributed by atoms with van der Waals surface area (Å²) < 4.78 is 33.0. The zero-order valence-corrected chi connectivity index (χ0v) is 17.8. The first kappa shape index (κ1) is 22.8. The van der Waals surface area contributed by atoms with E-state index in [0.29, 0.717) is 56.8 Å². The Morgan fingerprint density at radius 1 is 1.16 bits per heavy atom. The number of likely N-dealkylation sites (tertiary alicyclic amines) is 1. The summed E-state index contributed by atoms with van der Waals surface area (Å²) in [6.07, 6.45) is 1.83. The van der Waals surface area contributed by atoms with Gasteiger partial charge in [0.1, 0.15) is 17.2 Å². The molecule has 1 N–H and O–H groups in total. The van der Waals surface area contributed by atoms with Crippen molar-refractivity contribution in [2.24, 2.45) is 0 Å². The van der Waals surface area contributed by atoms with Crippen LogP contribution in [0.1, 0.15) is 57.3 Å². The van der Waals surface area contributed by atoms with Crippen LogP contribution in [-0.4, -0.2) is 55.0 Å². The molecule has 1 aromatic carbocycles. The van der Waals surface area contributed by atoms with E-state index in [2.05, 4.69) is 10.3 Å². The Bertz CT molecular complexity index is 923. The summed E-state index contributed by atoms with van der Waals surface area (Å²) in [5.41, 5.74) is 1.50. The SMILES string of the molecule is COCCCNC(=O)c1ccc(C)nc1C1CCN(C(=O)c2c(F)cccc2F)CC1. The minimum atomic E-state index is -0.861. The van der Waals surface area contributed by atoms with Crippen LogP contribution in [0.3, 0.4) is 0 Å². The number of benzene rings is 1. The summed E-state index contributed by atoms with van der Waals surface area (Å²) in [5, 5.41) is 2.89. The number of aromatic nitrogens is 1. The van der Waals surface area contributed by atoms with E-state index in [1.165, 1.54) is 11.0 Å². The quantitative estimate of drug-likeness (QED) is 0.682. The lowest BCUT2D eigenvalue weighted by Gasteiger charge is -2.32. The van der Waals surface area contributed by atoms with E-state index in [1.54, 1.807) is 19.2 Å². The van der Waals surface area contributed by atoms with Crippen LogP contribution in [0.15, 0.2) is 30.3 Å². The number of halogens is 2. The standard InChI is InChI=1S/C23H27F2N3O3/c1-15-7-8-17(22(29)26-11-4-14-31-2)21(27-15)16-9-12-28(13-10-16)23(30)20-18(24)5-3-6-19(20)25/h3,5-8,16H,4,9-14H2,1-2H3,(H,26,29). The molecule has 1 aliphatic heterocycles. The molecule has 1 aromatic heterocycles. The zero-order valence-electron chi connectivity index (χ0n) is 17.8. The number of ether oxygens (including phenoxy) is 1. The predicted molar refractivity (Wildman–Crippen MR) is 112 cm³/mol. The third-order valence-corrected chi connectivity index (χ3v) is 5.46. The second kappa shape index (κ2) is 10.4. The maximum atomic E-state index is 14.0. The van der Waals surface area contributed by atoms with Gasteiger partial charge < -0.3 is 15.0 Å². The summed E-state index contributed by atoms with van der Waals surface area (Å²) in [4.78, 5) is 31.4. The van der Waals surface area contributed by atoms with E-state index < -0.39 is 23.1 Å². The number of carbonyl (C=O) groups is 2. The molecule has 0 atom stereocenters. The first-order chi connectivity index (χ1) is 14.9. The first-order valence-electron chi connectivity index (χ1n) is 10.4. The molecule has 2 amide bonds. The van der Waals surface area contributed by atoms with Crippen LogP contribution in [0.25, 0.3) is 0 Å². The molecular weight excluding hydrogens is 404 g/mol. The van der Waals surface area contributed by atoms with Crippen LogP contribution in [0.4, 0.5) is 8.78 Å². The van der Waals surface area contributed by atoms with Crippen molar-refractivity contribution >= 4 is 11.8 Å². The summed E-state index contributed by atoms with van der Waals surface area (Å²) in [6.45, 7) is 3.60. The molecule has 0 saturated carbocycles. The van der Waals surface area contributed by atoms with Crippen molar-refractivity contribution in [2.45, 2.75) is 32.1 Å². The molecule has 1 aliphatic rings. The molecule has 3 rings (SSSR count). The predicted octanol–water partition coefficient (Wildman–Crippen LogP) is 3.45. The van der Waals surface area contributed by atoms with Gasteiger partial charge in [0, 0.05) is 45.0 Å². The summed E-state index contributed by atoms with van der Waals surface area (Å²) in [5.74, 6) is -2.58. The third kappa shape index (κ3) is 5.44. The summed E-state index contributed by atoms with van der Waals surface area (Å²) in [7, 11) is 1.61. The van der Waals surface area contributed by atoms with Gasteiger partial charge in [-0.1, -0.05) is 6.07 Å². The van der Waals surface area contributed by atoms with Crippen molar-refractivity contribution in [3.63, 3.8) is 0 Å². The molecule has 0 unspecified atom stereocenters. The van der Waals surface area contributed by atoms with Crippen molar-refractivity contribution < 1.29 is 23.1 Å². The minimum absolute atomic E-state index is 0.0193. The van der Waals surface area contributed by atoms with Gasteiger partial charge in [-0.3, -0.25) is 14.6 Å².